The van der Waals surface area contributed by atoms with Gasteiger partial charge in [0.25, 0.3) is 0 Å². The minimum atomic E-state index is -3.25. The van der Waals surface area contributed by atoms with E-state index in [9.17, 15) is 13.2 Å². The van der Waals surface area contributed by atoms with Crippen molar-refractivity contribution < 1.29 is 13.2 Å². The standard InChI is InChI=1S/C20H22Cl2N2O3S2/c1-2-10-24(19(25)9-11-29(26,27)15-5-3-4-6-15)20-23-18(13-28-20)14-7-8-16(21)17(22)12-14/h2,7-8,12-13,15H,1,3-6,9-11H2. The van der Waals surface area contributed by atoms with E-state index in [1.807, 2.05) is 5.38 Å². The molecule has 156 valence electrons. The monoisotopic (exact) mass is 472 g/mol. The van der Waals surface area contributed by atoms with Crippen LogP contribution < -0.4 is 4.90 Å². The Morgan fingerprint density at radius 2 is 2.00 bits per heavy atom. The fraction of sp³-hybridized carbons (Fsp3) is 0.400. The van der Waals surface area contributed by atoms with Gasteiger partial charge in [0.1, 0.15) is 0 Å². The van der Waals surface area contributed by atoms with E-state index in [0.29, 0.717) is 33.7 Å². The van der Waals surface area contributed by atoms with E-state index in [0.717, 1.165) is 18.4 Å². The number of sulfone groups is 1. The number of nitrogens with zero attached hydrogens (tertiary/aromatic N) is 2. The van der Waals surface area contributed by atoms with Crippen LogP contribution in [0.2, 0.25) is 10.0 Å². The van der Waals surface area contributed by atoms with Gasteiger partial charge in [-0.05, 0) is 25.0 Å². The molecule has 0 radical (unpaired) electrons. The normalized spacial score (nSPS) is 14.8. The Kier molecular flexibility index (Phi) is 7.37. The molecule has 1 aliphatic carbocycles. The maximum absolute atomic E-state index is 12.8. The number of carbonyl (C=O) groups excluding carboxylic acids is 1. The summed E-state index contributed by atoms with van der Waals surface area (Å²) >= 11 is 13.4. The number of aromatic nitrogens is 1. The fourth-order valence-corrected chi connectivity index (χ4v) is 6.37. The Bertz CT molecular complexity index is 999. The van der Waals surface area contributed by atoms with Gasteiger partial charge in [0.15, 0.2) is 15.0 Å². The Balaban J connectivity index is 1.73. The van der Waals surface area contributed by atoms with Crippen molar-refractivity contribution in [2.75, 3.05) is 17.2 Å². The molecule has 1 saturated carbocycles. The van der Waals surface area contributed by atoms with Gasteiger partial charge in [0.05, 0.1) is 26.7 Å². The predicted octanol–water partition coefficient (Wildman–Crippen LogP) is 5.38. The largest absolute Gasteiger partial charge is 0.284 e. The highest BCUT2D eigenvalue weighted by Gasteiger charge is 2.30. The van der Waals surface area contributed by atoms with Gasteiger partial charge < -0.3 is 0 Å². The van der Waals surface area contributed by atoms with E-state index in [2.05, 4.69) is 11.6 Å². The predicted molar refractivity (Wildman–Crippen MR) is 121 cm³/mol. The zero-order valence-electron chi connectivity index (χ0n) is 15.8. The topological polar surface area (TPSA) is 67.3 Å². The van der Waals surface area contributed by atoms with Crippen LogP contribution >= 0.6 is 34.5 Å². The molecule has 1 aromatic heterocycles. The number of halogens is 2. The molecule has 1 aromatic carbocycles. The van der Waals surface area contributed by atoms with E-state index >= 15 is 0 Å². The summed E-state index contributed by atoms with van der Waals surface area (Å²) in [6, 6.07) is 5.22. The van der Waals surface area contributed by atoms with Crippen LogP contribution in [-0.4, -0.2) is 36.9 Å². The zero-order valence-corrected chi connectivity index (χ0v) is 19.0. The Morgan fingerprint density at radius 1 is 1.28 bits per heavy atom. The molecule has 0 bridgehead atoms. The molecule has 2 aromatic rings. The van der Waals surface area contributed by atoms with Crippen molar-refractivity contribution in [3.63, 3.8) is 0 Å². The summed E-state index contributed by atoms with van der Waals surface area (Å²) in [5.41, 5.74) is 1.46. The van der Waals surface area contributed by atoms with E-state index in [4.69, 9.17) is 23.2 Å². The van der Waals surface area contributed by atoms with E-state index < -0.39 is 9.84 Å². The molecule has 0 atom stereocenters. The maximum atomic E-state index is 12.8. The molecule has 1 fully saturated rings. The van der Waals surface area contributed by atoms with Crippen molar-refractivity contribution in [2.24, 2.45) is 0 Å². The average Bonchev–Trinajstić information content (AvgIpc) is 3.39. The molecular formula is C20H22Cl2N2O3S2. The molecule has 0 N–H and O–H groups in total. The van der Waals surface area contributed by atoms with Crippen molar-refractivity contribution in [1.29, 1.82) is 0 Å². The molecule has 0 spiro atoms. The Hall–Kier alpha value is -1.41. The molecule has 5 nitrogen and oxygen atoms in total. The zero-order chi connectivity index (χ0) is 21.0. The minimum absolute atomic E-state index is 0.0612. The van der Waals surface area contributed by atoms with Gasteiger partial charge in [-0.15, -0.1) is 17.9 Å². The third-order valence-corrected chi connectivity index (χ3v) is 8.82. The van der Waals surface area contributed by atoms with Gasteiger partial charge in [-0.3, -0.25) is 9.69 Å². The van der Waals surface area contributed by atoms with E-state index in [1.165, 1.54) is 16.2 Å². The van der Waals surface area contributed by atoms with Crippen molar-refractivity contribution in [3.05, 3.63) is 46.3 Å². The number of thiazole rings is 1. The SMILES string of the molecule is C=CCN(C(=O)CCS(=O)(=O)C1CCCC1)c1nc(-c2ccc(Cl)c(Cl)c2)cs1. The molecule has 1 heterocycles. The molecule has 29 heavy (non-hydrogen) atoms. The highest BCUT2D eigenvalue weighted by atomic mass is 35.5. The quantitative estimate of drug-likeness (QED) is 0.483. The van der Waals surface area contributed by atoms with Gasteiger partial charge in [-0.25, -0.2) is 13.4 Å². The van der Waals surface area contributed by atoms with Gasteiger partial charge in [0, 0.05) is 23.9 Å². The number of amides is 1. The molecule has 3 rings (SSSR count). The number of anilines is 1. The molecule has 9 heteroatoms. The van der Waals surface area contributed by atoms with Crippen LogP contribution in [-0.2, 0) is 14.6 Å². The Labute approximate surface area is 185 Å². The number of hydrogen-bond acceptors (Lipinski definition) is 5. The first-order chi connectivity index (χ1) is 13.8. The highest BCUT2D eigenvalue weighted by molar-refractivity contribution is 7.92. The number of benzene rings is 1. The summed E-state index contributed by atoms with van der Waals surface area (Å²) in [6.45, 7) is 3.96. The fourth-order valence-electron chi connectivity index (χ4n) is 3.37. The molecule has 1 aliphatic rings. The first-order valence-corrected chi connectivity index (χ1v) is 12.7. The lowest BCUT2D eigenvalue weighted by Gasteiger charge is -2.18. The highest BCUT2D eigenvalue weighted by Crippen LogP contribution is 2.32. The van der Waals surface area contributed by atoms with Crippen LogP contribution in [0.5, 0.6) is 0 Å². The summed E-state index contributed by atoms with van der Waals surface area (Å²) in [5, 5.41) is 2.90. The van der Waals surface area contributed by atoms with Crippen molar-refractivity contribution >= 4 is 55.4 Å². The lowest BCUT2D eigenvalue weighted by Crippen LogP contribution is -2.33. The summed E-state index contributed by atoms with van der Waals surface area (Å²) < 4.78 is 25.0. The maximum Gasteiger partial charge on any atom is 0.230 e. The van der Waals surface area contributed by atoms with E-state index in [1.54, 1.807) is 24.3 Å². The van der Waals surface area contributed by atoms with Crippen LogP contribution in [0.25, 0.3) is 11.3 Å². The van der Waals surface area contributed by atoms with Gasteiger partial charge in [-0.1, -0.05) is 48.2 Å². The van der Waals surface area contributed by atoms with Gasteiger partial charge in [-0.2, -0.15) is 0 Å². The van der Waals surface area contributed by atoms with E-state index in [-0.39, 0.29) is 29.9 Å². The number of hydrogen-bond donors (Lipinski definition) is 0. The van der Waals surface area contributed by atoms with Gasteiger partial charge in [0.2, 0.25) is 5.91 Å². The van der Waals surface area contributed by atoms with Crippen molar-refractivity contribution in [2.45, 2.75) is 37.4 Å². The molecule has 0 saturated heterocycles. The second-order valence-corrected chi connectivity index (χ2v) is 11.0. The van der Waals surface area contributed by atoms with Crippen LogP contribution in [0.4, 0.5) is 5.13 Å². The summed E-state index contributed by atoms with van der Waals surface area (Å²) in [6.07, 6.45) is 4.82. The second kappa shape index (κ2) is 9.60. The third kappa shape index (κ3) is 5.40. The van der Waals surface area contributed by atoms with Crippen molar-refractivity contribution in [1.82, 2.24) is 4.98 Å². The Morgan fingerprint density at radius 3 is 2.66 bits per heavy atom. The molecule has 1 amide bonds. The van der Waals surface area contributed by atoms with Crippen LogP contribution in [0, 0.1) is 0 Å². The lowest BCUT2D eigenvalue weighted by molar-refractivity contribution is -0.118. The molecule has 0 unspecified atom stereocenters. The first kappa shape index (κ1) is 22.3. The lowest BCUT2D eigenvalue weighted by atomic mass is 10.2. The summed E-state index contributed by atoms with van der Waals surface area (Å²) in [5.74, 6) is -0.406. The summed E-state index contributed by atoms with van der Waals surface area (Å²) in [7, 11) is -3.25. The van der Waals surface area contributed by atoms with Gasteiger partial charge >= 0.3 is 0 Å². The van der Waals surface area contributed by atoms with Crippen molar-refractivity contribution in [3.8, 4) is 11.3 Å². The first-order valence-electron chi connectivity index (χ1n) is 9.35. The number of carbonyl (C=O) groups is 1. The smallest absolute Gasteiger partial charge is 0.230 e. The number of rotatable bonds is 8. The third-order valence-electron chi connectivity index (χ3n) is 4.96. The average molecular weight is 473 g/mol. The minimum Gasteiger partial charge on any atom is -0.284 e. The molecule has 0 aliphatic heterocycles. The second-order valence-electron chi connectivity index (χ2n) is 6.96. The van der Waals surface area contributed by atoms with Crippen LogP contribution in [0.1, 0.15) is 32.1 Å². The molecular weight excluding hydrogens is 451 g/mol. The summed E-state index contributed by atoms with van der Waals surface area (Å²) in [4.78, 5) is 18.8. The van der Waals surface area contributed by atoms with Crippen LogP contribution in [0.15, 0.2) is 36.2 Å². The van der Waals surface area contributed by atoms with Crippen LogP contribution in [0.3, 0.4) is 0 Å².